The molecule has 1 fully saturated rings. The van der Waals surface area contributed by atoms with Crippen LogP contribution in [0.25, 0.3) is 10.9 Å². The molecular formula is C16H21N3. The van der Waals surface area contributed by atoms with Gasteiger partial charge in [-0.3, -0.25) is 4.98 Å². The van der Waals surface area contributed by atoms with E-state index < -0.39 is 0 Å². The summed E-state index contributed by atoms with van der Waals surface area (Å²) in [6.07, 6.45) is 4.50. The van der Waals surface area contributed by atoms with Crippen LogP contribution in [0.5, 0.6) is 0 Å². The van der Waals surface area contributed by atoms with Crippen molar-refractivity contribution in [2.45, 2.75) is 25.4 Å². The monoisotopic (exact) mass is 255 g/mol. The lowest BCUT2D eigenvalue weighted by atomic mass is 10.1. The van der Waals surface area contributed by atoms with Crippen LogP contribution in [0.15, 0.2) is 36.5 Å². The third-order valence-electron chi connectivity index (χ3n) is 3.85. The summed E-state index contributed by atoms with van der Waals surface area (Å²) >= 11 is 0. The molecule has 0 spiro atoms. The van der Waals surface area contributed by atoms with Crippen molar-refractivity contribution in [3.63, 3.8) is 0 Å². The molecule has 0 radical (unpaired) electrons. The highest BCUT2D eigenvalue weighted by Gasteiger charge is 2.16. The van der Waals surface area contributed by atoms with E-state index in [1.54, 1.807) is 0 Å². The van der Waals surface area contributed by atoms with Crippen molar-refractivity contribution in [1.29, 1.82) is 0 Å². The fourth-order valence-corrected chi connectivity index (χ4v) is 2.94. The van der Waals surface area contributed by atoms with Crippen LogP contribution in [-0.2, 0) is 6.54 Å². The number of fused-ring (bicyclic) bond motifs is 1. The maximum absolute atomic E-state index is 4.52. The molecule has 0 aliphatic carbocycles. The number of pyridine rings is 1. The Morgan fingerprint density at radius 2 is 2.21 bits per heavy atom. The van der Waals surface area contributed by atoms with Gasteiger partial charge in [0.05, 0.1) is 5.52 Å². The summed E-state index contributed by atoms with van der Waals surface area (Å²) < 4.78 is 0. The summed E-state index contributed by atoms with van der Waals surface area (Å²) in [5.74, 6) is 0. The molecule has 0 saturated carbocycles. The van der Waals surface area contributed by atoms with Crippen LogP contribution in [-0.4, -0.2) is 36.1 Å². The quantitative estimate of drug-likeness (QED) is 0.909. The molecule has 2 heterocycles. The Kier molecular flexibility index (Phi) is 3.76. The Morgan fingerprint density at radius 1 is 1.32 bits per heavy atom. The molecule has 1 atom stereocenters. The highest BCUT2D eigenvalue weighted by Crippen LogP contribution is 2.17. The van der Waals surface area contributed by atoms with Gasteiger partial charge in [-0.05, 0) is 38.1 Å². The van der Waals surface area contributed by atoms with Gasteiger partial charge < -0.3 is 10.2 Å². The second-order valence-corrected chi connectivity index (χ2v) is 5.48. The summed E-state index contributed by atoms with van der Waals surface area (Å²) in [5.41, 5.74) is 2.45. The number of nitrogens with one attached hydrogen (secondary N) is 1. The van der Waals surface area contributed by atoms with E-state index in [0.717, 1.165) is 18.6 Å². The molecule has 1 aliphatic heterocycles. The first-order valence-corrected chi connectivity index (χ1v) is 7.07. The summed E-state index contributed by atoms with van der Waals surface area (Å²) in [4.78, 5) is 6.92. The molecule has 1 saturated heterocycles. The minimum Gasteiger partial charge on any atom is -0.313 e. The van der Waals surface area contributed by atoms with Crippen LogP contribution in [0.4, 0.5) is 0 Å². The van der Waals surface area contributed by atoms with Crippen molar-refractivity contribution < 1.29 is 0 Å². The zero-order valence-corrected chi connectivity index (χ0v) is 11.5. The fraction of sp³-hybridized carbons (Fsp3) is 0.438. The number of rotatable bonds is 4. The van der Waals surface area contributed by atoms with Gasteiger partial charge in [0.2, 0.25) is 0 Å². The molecule has 3 heteroatoms. The lowest BCUT2D eigenvalue weighted by molar-refractivity contribution is 0.294. The number of likely N-dealkylation sites (N-methyl/N-ethyl adjacent to an activating group) is 1. The van der Waals surface area contributed by atoms with E-state index in [9.17, 15) is 0 Å². The average molecular weight is 255 g/mol. The number of hydrogen-bond acceptors (Lipinski definition) is 3. The standard InChI is InChI=1S/C16H21N3/c1-19(12-15-8-4-9-17-15)11-14-6-2-5-13-7-3-10-18-16(13)14/h2-3,5-7,10,15,17H,4,8-9,11-12H2,1H3. The summed E-state index contributed by atoms with van der Waals surface area (Å²) in [7, 11) is 2.20. The van der Waals surface area contributed by atoms with E-state index >= 15 is 0 Å². The van der Waals surface area contributed by atoms with Crippen molar-refractivity contribution in [3.05, 3.63) is 42.1 Å². The number of aromatic nitrogens is 1. The molecule has 19 heavy (non-hydrogen) atoms. The van der Waals surface area contributed by atoms with E-state index in [4.69, 9.17) is 0 Å². The van der Waals surface area contributed by atoms with E-state index in [1.807, 2.05) is 12.3 Å². The first-order chi connectivity index (χ1) is 9.33. The normalized spacial score (nSPS) is 19.4. The molecular weight excluding hydrogens is 234 g/mol. The van der Waals surface area contributed by atoms with Gasteiger partial charge in [0, 0.05) is 30.7 Å². The predicted molar refractivity (Wildman–Crippen MR) is 79.1 cm³/mol. The number of hydrogen-bond donors (Lipinski definition) is 1. The van der Waals surface area contributed by atoms with Crippen molar-refractivity contribution >= 4 is 10.9 Å². The topological polar surface area (TPSA) is 28.2 Å². The molecule has 100 valence electrons. The van der Waals surface area contributed by atoms with Crippen LogP contribution in [0.1, 0.15) is 18.4 Å². The van der Waals surface area contributed by atoms with Gasteiger partial charge in [0.1, 0.15) is 0 Å². The second-order valence-electron chi connectivity index (χ2n) is 5.48. The zero-order chi connectivity index (χ0) is 13.1. The average Bonchev–Trinajstić information content (AvgIpc) is 2.92. The van der Waals surface area contributed by atoms with Gasteiger partial charge in [-0.15, -0.1) is 0 Å². The highest BCUT2D eigenvalue weighted by molar-refractivity contribution is 5.81. The van der Waals surface area contributed by atoms with Gasteiger partial charge in [-0.1, -0.05) is 24.3 Å². The third-order valence-corrected chi connectivity index (χ3v) is 3.85. The predicted octanol–water partition coefficient (Wildman–Crippen LogP) is 2.42. The first-order valence-electron chi connectivity index (χ1n) is 7.07. The fourth-order valence-electron chi connectivity index (χ4n) is 2.94. The molecule has 3 rings (SSSR count). The summed E-state index contributed by atoms with van der Waals surface area (Å²) in [5, 5.41) is 4.78. The Bertz CT molecular complexity index is 541. The van der Waals surface area contributed by atoms with Crippen LogP contribution in [0.2, 0.25) is 0 Å². The number of benzene rings is 1. The number of nitrogens with zero attached hydrogens (tertiary/aromatic N) is 2. The summed E-state index contributed by atoms with van der Waals surface area (Å²) in [6.45, 7) is 3.25. The Labute approximate surface area is 114 Å². The minimum absolute atomic E-state index is 0.660. The summed E-state index contributed by atoms with van der Waals surface area (Å²) in [6, 6.07) is 11.2. The Morgan fingerprint density at radius 3 is 3.05 bits per heavy atom. The zero-order valence-electron chi connectivity index (χ0n) is 11.5. The van der Waals surface area contributed by atoms with Gasteiger partial charge in [0.25, 0.3) is 0 Å². The van der Waals surface area contributed by atoms with Crippen LogP contribution in [0, 0.1) is 0 Å². The SMILES string of the molecule is CN(Cc1cccc2cccnc12)CC1CCCN1. The van der Waals surface area contributed by atoms with Gasteiger partial charge >= 0.3 is 0 Å². The Balaban J connectivity index is 1.73. The molecule has 1 aromatic heterocycles. The molecule has 1 unspecified atom stereocenters. The third kappa shape index (κ3) is 2.94. The largest absolute Gasteiger partial charge is 0.313 e. The highest BCUT2D eigenvalue weighted by atomic mass is 15.1. The van der Waals surface area contributed by atoms with Crippen LogP contribution < -0.4 is 5.32 Å². The van der Waals surface area contributed by atoms with Gasteiger partial charge in [-0.25, -0.2) is 0 Å². The molecule has 0 amide bonds. The van der Waals surface area contributed by atoms with Crippen molar-refractivity contribution in [2.75, 3.05) is 20.1 Å². The Hall–Kier alpha value is -1.45. The lowest BCUT2D eigenvalue weighted by Gasteiger charge is -2.21. The maximum atomic E-state index is 4.52. The molecule has 1 N–H and O–H groups in total. The van der Waals surface area contributed by atoms with Crippen LogP contribution >= 0.6 is 0 Å². The van der Waals surface area contributed by atoms with Crippen molar-refractivity contribution in [2.24, 2.45) is 0 Å². The van der Waals surface area contributed by atoms with Gasteiger partial charge in [-0.2, -0.15) is 0 Å². The second kappa shape index (κ2) is 5.68. The van der Waals surface area contributed by atoms with E-state index in [0.29, 0.717) is 6.04 Å². The van der Waals surface area contributed by atoms with Crippen LogP contribution in [0.3, 0.4) is 0 Å². The molecule has 3 nitrogen and oxygen atoms in total. The van der Waals surface area contributed by atoms with Crippen molar-refractivity contribution in [1.82, 2.24) is 15.2 Å². The minimum atomic E-state index is 0.660. The first kappa shape index (κ1) is 12.6. The molecule has 0 bridgehead atoms. The van der Waals surface area contributed by atoms with E-state index in [2.05, 4.69) is 46.5 Å². The lowest BCUT2D eigenvalue weighted by Crippen LogP contribution is -2.35. The van der Waals surface area contributed by atoms with Gasteiger partial charge in [0.15, 0.2) is 0 Å². The van der Waals surface area contributed by atoms with Crippen molar-refractivity contribution in [3.8, 4) is 0 Å². The molecule has 1 aliphatic rings. The molecule has 1 aromatic carbocycles. The maximum Gasteiger partial charge on any atom is 0.0746 e. The van der Waals surface area contributed by atoms with E-state index in [1.165, 1.54) is 30.3 Å². The smallest absolute Gasteiger partial charge is 0.0746 e. The molecule has 2 aromatic rings. The number of para-hydroxylation sites is 1. The van der Waals surface area contributed by atoms with E-state index in [-0.39, 0.29) is 0 Å².